The van der Waals surface area contributed by atoms with E-state index >= 15 is 0 Å². The number of hydrogen-bond acceptors (Lipinski definition) is 2. The van der Waals surface area contributed by atoms with Crippen LogP contribution in [0.5, 0.6) is 0 Å². The molecule has 78 valence electrons. The van der Waals surface area contributed by atoms with Crippen molar-refractivity contribution in [2.75, 3.05) is 0 Å². The van der Waals surface area contributed by atoms with E-state index in [1.807, 2.05) is 26.0 Å². The van der Waals surface area contributed by atoms with E-state index in [2.05, 4.69) is 35.1 Å². The van der Waals surface area contributed by atoms with Crippen LogP contribution in [0.3, 0.4) is 0 Å². The first kappa shape index (κ1) is 11.4. The normalized spacial score (nSPS) is 9.00. The van der Waals surface area contributed by atoms with Crippen LogP contribution in [0, 0.1) is 6.92 Å². The summed E-state index contributed by atoms with van der Waals surface area (Å²) in [7, 11) is 0. The Labute approximate surface area is 91.0 Å². The van der Waals surface area contributed by atoms with Gasteiger partial charge in [-0.25, -0.2) is 9.97 Å². The van der Waals surface area contributed by atoms with Crippen molar-refractivity contribution >= 4 is 0 Å². The zero-order valence-electron chi connectivity index (χ0n) is 9.44. The fourth-order valence-corrected chi connectivity index (χ4v) is 1.27. The lowest BCUT2D eigenvalue weighted by molar-refractivity contribution is 1.17. The maximum absolute atomic E-state index is 4.18. The molecule has 1 aromatic carbocycles. The Balaban J connectivity index is 0.000000531. The molecule has 2 heteroatoms. The molecule has 0 fully saturated rings. The Morgan fingerprint density at radius 3 is 2.47 bits per heavy atom. The maximum atomic E-state index is 4.18. The minimum atomic E-state index is 0.971. The molecular weight excluding hydrogens is 184 g/mol. The van der Waals surface area contributed by atoms with Gasteiger partial charge in [-0.1, -0.05) is 37.6 Å². The van der Waals surface area contributed by atoms with Crippen molar-refractivity contribution in [3.8, 4) is 11.3 Å². The van der Waals surface area contributed by atoms with Gasteiger partial charge in [-0.05, 0) is 19.1 Å². The first-order valence-corrected chi connectivity index (χ1v) is 5.19. The molecular formula is C13H16N2. The molecule has 0 N–H and O–H groups in total. The topological polar surface area (TPSA) is 25.8 Å². The zero-order chi connectivity index (χ0) is 11.1. The highest BCUT2D eigenvalue weighted by atomic mass is 14.8. The smallest absolute Gasteiger partial charge is 0.116 e. The summed E-state index contributed by atoms with van der Waals surface area (Å²) in [5.41, 5.74) is 3.36. The number of benzene rings is 1. The van der Waals surface area contributed by atoms with E-state index in [-0.39, 0.29) is 0 Å². The SMILES string of the molecule is CC.Cc1cccc(-c2ccncn2)c1. The van der Waals surface area contributed by atoms with E-state index in [1.54, 1.807) is 12.5 Å². The molecule has 0 aliphatic rings. The van der Waals surface area contributed by atoms with Gasteiger partial charge in [-0.3, -0.25) is 0 Å². The quantitative estimate of drug-likeness (QED) is 0.704. The van der Waals surface area contributed by atoms with Gasteiger partial charge in [0.2, 0.25) is 0 Å². The third-order valence-corrected chi connectivity index (χ3v) is 1.90. The van der Waals surface area contributed by atoms with Crippen molar-refractivity contribution in [2.24, 2.45) is 0 Å². The summed E-state index contributed by atoms with van der Waals surface area (Å²) in [6, 6.07) is 10.2. The average Bonchev–Trinajstić information content (AvgIpc) is 2.33. The Morgan fingerprint density at radius 1 is 1.07 bits per heavy atom. The zero-order valence-corrected chi connectivity index (χ0v) is 9.44. The Bertz CT molecular complexity index is 396. The molecule has 0 bridgehead atoms. The predicted octanol–water partition coefficient (Wildman–Crippen LogP) is 3.48. The number of rotatable bonds is 1. The summed E-state index contributed by atoms with van der Waals surface area (Å²) in [5.74, 6) is 0. The molecule has 0 saturated carbocycles. The van der Waals surface area contributed by atoms with Crippen LogP contribution < -0.4 is 0 Å². The van der Waals surface area contributed by atoms with Crippen LogP contribution in [0.1, 0.15) is 19.4 Å². The minimum absolute atomic E-state index is 0.971. The number of aryl methyl sites for hydroxylation is 1. The van der Waals surface area contributed by atoms with Gasteiger partial charge in [-0.2, -0.15) is 0 Å². The van der Waals surface area contributed by atoms with Crippen LogP contribution in [0.15, 0.2) is 42.9 Å². The van der Waals surface area contributed by atoms with Crippen molar-refractivity contribution in [3.05, 3.63) is 48.4 Å². The second kappa shape index (κ2) is 5.91. The van der Waals surface area contributed by atoms with Crippen molar-refractivity contribution < 1.29 is 0 Å². The monoisotopic (exact) mass is 200 g/mol. The van der Waals surface area contributed by atoms with Gasteiger partial charge >= 0.3 is 0 Å². The lowest BCUT2D eigenvalue weighted by Gasteiger charge is -1.99. The molecule has 2 aromatic rings. The highest BCUT2D eigenvalue weighted by molar-refractivity contribution is 5.59. The van der Waals surface area contributed by atoms with Gasteiger partial charge < -0.3 is 0 Å². The number of nitrogens with zero attached hydrogens (tertiary/aromatic N) is 2. The standard InChI is InChI=1S/C11H10N2.C2H6/c1-9-3-2-4-10(7-9)11-5-6-12-8-13-11;1-2/h2-8H,1H3;1-2H3. The van der Waals surface area contributed by atoms with E-state index in [4.69, 9.17) is 0 Å². The largest absolute Gasteiger partial charge is 0.245 e. The molecule has 0 aliphatic carbocycles. The van der Waals surface area contributed by atoms with Gasteiger partial charge in [0.1, 0.15) is 6.33 Å². The summed E-state index contributed by atoms with van der Waals surface area (Å²) < 4.78 is 0. The fraction of sp³-hybridized carbons (Fsp3) is 0.231. The van der Waals surface area contributed by atoms with Crippen molar-refractivity contribution in [2.45, 2.75) is 20.8 Å². The van der Waals surface area contributed by atoms with Crippen LogP contribution in [0.4, 0.5) is 0 Å². The Kier molecular flexibility index (Phi) is 4.48. The second-order valence-corrected chi connectivity index (χ2v) is 2.96. The Hall–Kier alpha value is -1.70. The molecule has 2 rings (SSSR count). The van der Waals surface area contributed by atoms with E-state index in [1.165, 1.54) is 5.56 Å². The third kappa shape index (κ3) is 3.17. The lowest BCUT2D eigenvalue weighted by Crippen LogP contribution is -1.83. The summed E-state index contributed by atoms with van der Waals surface area (Å²) in [6.07, 6.45) is 3.32. The highest BCUT2D eigenvalue weighted by Gasteiger charge is 1.96. The molecule has 0 atom stereocenters. The van der Waals surface area contributed by atoms with Crippen LogP contribution in [-0.2, 0) is 0 Å². The van der Waals surface area contributed by atoms with E-state index < -0.39 is 0 Å². The van der Waals surface area contributed by atoms with E-state index in [0.717, 1.165) is 11.3 Å². The first-order chi connectivity index (χ1) is 7.36. The van der Waals surface area contributed by atoms with Gasteiger partial charge in [-0.15, -0.1) is 0 Å². The Morgan fingerprint density at radius 2 is 1.87 bits per heavy atom. The van der Waals surface area contributed by atoms with Crippen LogP contribution in [0.25, 0.3) is 11.3 Å². The summed E-state index contributed by atoms with van der Waals surface area (Å²) in [5, 5.41) is 0. The molecule has 1 heterocycles. The highest BCUT2D eigenvalue weighted by Crippen LogP contribution is 2.16. The molecule has 0 spiro atoms. The second-order valence-electron chi connectivity index (χ2n) is 2.96. The van der Waals surface area contributed by atoms with Crippen LogP contribution in [-0.4, -0.2) is 9.97 Å². The molecule has 15 heavy (non-hydrogen) atoms. The predicted molar refractivity (Wildman–Crippen MR) is 63.6 cm³/mol. The molecule has 0 amide bonds. The number of hydrogen-bond donors (Lipinski definition) is 0. The van der Waals surface area contributed by atoms with E-state index in [0.29, 0.717) is 0 Å². The van der Waals surface area contributed by atoms with Crippen LogP contribution in [0.2, 0.25) is 0 Å². The molecule has 0 aliphatic heterocycles. The van der Waals surface area contributed by atoms with Crippen molar-refractivity contribution in [1.82, 2.24) is 9.97 Å². The molecule has 0 unspecified atom stereocenters. The first-order valence-electron chi connectivity index (χ1n) is 5.19. The van der Waals surface area contributed by atoms with Gasteiger partial charge in [0.05, 0.1) is 5.69 Å². The fourth-order valence-electron chi connectivity index (χ4n) is 1.27. The average molecular weight is 200 g/mol. The summed E-state index contributed by atoms with van der Waals surface area (Å²) in [4.78, 5) is 8.06. The molecule has 0 saturated heterocycles. The van der Waals surface area contributed by atoms with E-state index in [9.17, 15) is 0 Å². The summed E-state index contributed by atoms with van der Waals surface area (Å²) >= 11 is 0. The molecule has 2 nitrogen and oxygen atoms in total. The van der Waals surface area contributed by atoms with Crippen molar-refractivity contribution in [1.29, 1.82) is 0 Å². The molecule has 1 aromatic heterocycles. The lowest BCUT2D eigenvalue weighted by atomic mass is 10.1. The van der Waals surface area contributed by atoms with Crippen molar-refractivity contribution in [3.63, 3.8) is 0 Å². The third-order valence-electron chi connectivity index (χ3n) is 1.90. The van der Waals surface area contributed by atoms with Gasteiger partial charge in [0.15, 0.2) is 0 Å². The molecule has 0 radical (unpaired) electrons. The summed E-state index contributed by atoms with van der Waals surface area (Å²) in [6.45, 7) is 6.07. The van der Waals surface area contributed by atoms with Gasteiger partial charge in [0, 0.05) is 11.8 Å². The number of aromatic nitrogens is 2. The maximum Gasteiger partial charge on any atom is 0.116 e. The minimum Gasteiger partial charge on any atom is -0.245 e. The van der Waals surface area contributed by atoms with Gasteiger partial charge in [0.25, 0.3) is 0 Å². The van der Waals surface area contributed by atoms with Crippen LogP contribution >= 0.6 is 0 Å².